The second-order valence-corrected chi connectivity index (χ2v) is 3.33. The highest BCUT2D eigenvalue weighted by atomic mass is 35.5. The van der Waals surface area contributed by atoms with E-state index in [-0.39, 0.29) is 5.02 Å². The molecule has 0 saturated carbocycles. The minimum atomic E-state index is -0.490. The number of hydrogen-bond donors (Lipinski definition) is 1. The van der Waals surface area contributed by atoms with Crippen molar-refractivity contribution in [2.75, 3.05) is 0 Å². The molecule has 1 aromatic carbocycles. The van der Waals surface area contributed by atoms with E-state index >= 15 is 0 Å². The summed E-state index contributed by atoms with van der Waals surface area (Å²) in [6.07, 6.45) is 3.27. The summed E-state index contributed by atoms with van der Waals surface area (Å²) >= 11 is 5.53. The quantitative estimate of drug-likeness (QED) is 0.874. The van der Waals surface area contributed by atoms with Crippen LogP contribution in [0.5, 0.6) is 5.75 Å². The highest BCUT2D eigenvalue weighted by Crippen LogP contribution is 2.20. The number of imidazole rings is 1. The predicted octanol–water partition coefficient (Wildman–Crippen LogP) is 2.78. The summed E-state index contributed by atoms with van der Waals surface area (Å²) in [5.41, 5.74) is 0.755. The van der Waals surface area contributed by atoms with E-state index < -0.39 is 5.82 Å². The predicted molar refractivity (Wildman–Crippen MR) is 54.3 cm³/mol. The fraction of sp³-hybridized carbons (Fsp3) is 0.100. The maximum atomic E-state index is 13.0. The molecule has 1 heterocycles. The van der Waals surface area contributed by atoms with Crippen molar-refractivity contribution < 1.29 is 9.13 Å². The van der Waals surface area contributed by atoms with Crippen molar-refractivity contribution in [1.82, 2.24) is 9.97 Å². The zero-order valence-corrected chi connectivity index (χ0v) is 8.46. The third-order valence-corrected chi connectivity index (χ3v) is 2.14. The van der Waals surface area contributed by atoms with Gasteiger partial charge in [-0.3, -0.25) is 0 Å². The van der Waals surface area contributed by atoms with Gasteiger partial charge in [-0.15, -0.1) is 0 Å². The number of nitrogens with one attached hydrogen (secondary N) is 1. The van der Waals surface area contributed by atoms with E-state index in [4.69, 9.17) is 16.3 Å². The van der Waals surface area contributed by atoms with Crippen LogP contribution in [0.25, 0.3) is 0 Å². The minimum absolute atomic E-state index is 0.0853. The third kappa shape index (κ3) is 2.47. The molecule has 0 aliphatic carbocycles. The smallest absolute Gasteiger partial charge is 0.145 e. The summed E-state index contributed by atoms with van der Waals surface area (Å²) in [5.74, 6) is -0.0592. The van der Waals surface area contributed by atoms with Gasteiger partial charge in [0.25, 0.3) is 0 Å². The molecule has 78 valence electrons. The van der Waals surface area contributed by atoms with E-state index in [1.54, 1.807) is 18.6 Å². The van der Waals surface area contributed by atoms with Crippen LogP contribution in [-0.2, 0) is 6.61 Å². The van der Waals surface area contributed by atoms with Gasteiger partial charge in [0.05, 0.1) is 17.0 Å². The van der Waals surface area contributed by atoms with Crippen LogP contribution < -0.4 is 4.74 Å². The van der Waals surface area contributed by atoms with E-state index in [9.17, 15) is 4.39 Å². The largest absolute Gasteiger partial charge is 0.487 e. The first-order chi connectivity index (χ1) is 7.25. The van der Waals surface area contributed by atoms with Crippen molar-refractivity contribution in [3.63, 3.8) is 0 Å². The summed E-state index contributed by atoms with van der Waals surface area (Å²) in [6.45, 7) is 0.296. The number of aromatic amines is 1. The Bertz CT molecular complexity index is 445. The molecular weight excluding hydrogens is 219 g/mol. The first kappa shape index (κ1) is 9.98. The lowest BCUT2D eigenvalue weighted by Crippen LogP contribution is -1.95. The SMILES string of the molecule is Fc1cc(OCc2c[nH]cn2)ccc1Cl. The number of benzene rings is 1. The summed E-state index contributed by atoms with van der Waals surface area (Å²) in [7, 11) is 0. The number of halogens is 2. The Hall–Kier alpha value is -1.55. The van der Waals surface area contributed by atoms with Gasteiger partial charge >= 0.3 is 0 Å². The first-order valence-electron chi connectivity index (χ1n) is 4.31. The number of H-pyrrole nitrogens is 1. The Labute approximate surface area is 90.9 Å². The second kappa shape index (κ2) is 4.31. The lowest BCUT2D eigenvalue weighted by molar-refractivity contribution is 0.300. The van der Waals surface area contributed by atoms with Gasteiger partial charge in [-0.1, -0.05) is 11.6 Å². The van der Waals surface area contributed by atoms with E-state index in [0.29, 0.717) is 12.4 Å². The van der Waals surface area contributed by atoms with Crippen LogP contribution >= 0.6 is 11.6 Å². The van der Waals surface area contributed by atoms with Gasteiger partial charge in [0, 0.05) is 12.3 Å². The topological polar surface area (TPSA) is 37.9 Å². The molecule has 0 saturated heterocycles. The summed E-state index contributed by atoms with van der Waals surface area (Å²) in [6, 6.07) is 4.31. The zero-order chi connectivity index (χ0) is 10.7. The Balaban J connectivity index is 2.02. The highest BCUT2D eigenvalue weighted by molar-refractivity contribution is 6.30. The van der Waals surface area contributed by atoms with Crippen molar-refractivity contribution >= 4 is 11.6 Å². The maximum absolute atomic E-state index is 13.0. The van der Waals surface area contributed by atoms with Gasteiger partial charge in [-0.2, -0.15) is 0 Å². The molecule has 3 nitrogen and oxygen atoms in total. The van der Waals surface area contributed by atoms with Crippen LogP contribution in [0, 0.1) is 5.82 Å². The molecule has 5 heteroatoms. The molecule has 2 rings (SSSR count). The number of hydrogen-bond acceptors (Lipinski definition) is 2. The van der Waals surface area contributed by atoms with E-state index in [0.717, 1.165) is 5.69 Å². The summed E-state index contributed by atoms with van der Waals surface area (Å²) in [4.78, 5) is 6.77. The van der Waals surface area contributed by atoms with Crippen LogP contribution in [0.3, 0.4) is 0 Å². The first-order valence-corrected chi connectivity index (χ1v) is 4.69. The Morgan fingerprint density at radius 3 is 3.00 bits per heavy atom. The number of nitrogens with zero attached hydrogens (tertiary/aromatic N) is 1. The molecule has 1 aromatic heterocycles. The van der Waals surface area contributed by atoms with Gasteiger partial charge in [-0.05, 0) is 12.1 Å². The zero-order valence-electron chi connectivity index (χ0n) is 7.71. The maximum Gasteiger partial charge on any atom is 0.145 e. The van der Waals surface area contributed by atoms with Crippen LogP contribution in [-0.4, -0.2) is 9.97 Å². The number of rotatable bonds is 3. The third-order valence-electron chi connectivity index (χ3n) is 1.83. The molecule has 0 unspecified atom stereocenters. The van der Waals surface area contributed by atoms with Crippen molar-refractivity contribution in [3.8, 4) is 5.75 Å². The van der Waals surface area contributed by atoms with Crippen molar-refractivity contribution in [2.45, 2.75) is 6.61 Å². The average molecular weight is 227 g/mol. The van der Waals surface area contributed by atoms with Crippen LogP contribution in [0.1, 0.15) is 5.69 Å². The van der Waals surface area contributed by atoms with Crippen molar-refractivity contribution in [1.29, 1.82) is 0 Å². The lowest BCUT2D eigenvalue weighted by Gasteiger charge is -2.04. The Morgan fingerprint density at radius 1 is 1.47 bits per heavy atom. The second-order valence-electron chi connectivity index (χ2n) is 2.93. The normalized spacial score (nSPS) is 10.3. The summed E-state index contributed by atoms with van der Waals surface area (Å²) < 4.78 is 18.3. The van der Waals surface area contributed by atoms with Crippen LogP contribution in [0.4, 0.5) is 4.39 Å². The van der Waals surface area contributed by atoms with Crippen molar-refractivity contribution in [3.05, 3.63) is 47.3 Å². The van der Waals surface area contributed by atoms with E-state index in [1.165, 1.54) is 12.1 Å². The molecule has 0 spiro atoms. The Kier molecular flexibility index (Phi) is 2.87. The lowest BCUT2D eigenvalue weighted by atomic mass is 10.3. The van der Waals surface area contributed by atoms with Crippen LogP contribution in [0.2, 0.25) is 5.02 Å². The molecule has 0 amide bonds. The summed E-state index contributed by atoms with van der Waals surface area (Å²) in [5, 5.41) is 0.0853. The number of aromatic nitrogens is 2. The Morgan fingerprint density at radius 2 is 2.33 bits per heavy atom. The van der Waals surface area contributed by atoms with Gasteiger partial charge in [0.2, 0.25) is 0 Å². The van der Waals surface area contributed by atoms with Gasteiger partial charge < -0.3 is 9.72 Å². The fourth-order valence-electron chi connectivity index (χ4n) is 1.09. The molecule has 0 radical (unpaired) electrons. The highest BCUT2D eigenvalue weighted by Gasteiger charge is 2.02. The van der Waals surface area contributed by atoms with Crippen LogP contribution in [0.15, 0.2) is 30.7 Å². The molecule has 0 aliphatic rings. The standard InChI is InChI=1S/C10H8ClFN2O/c11-9-2-1-8(3-10(9)12)15-5-7-4-13-6-14-7/h1-4,6H,5H2,(H,13,14). The molecular formula is C10H8ClFN2O. The van der Waals surface area contributed by atoms with Gasteiger partial charge in [-0.25, -0.2) is 9.37 Å². The molecule has 0 atom stereocenters. The average Bonchev–Trinajstić information content (AvgIpc) is 2.73. The van der Waals surface area contributed by atoms with E-state index in [2.05, 4.69) is 9.97 Å². The van der Waals surface area contributed by atoms with Gasteiger partial charge in [0.15, 0.2) is 0 Å². The van der Waals surface area contributed by atoms with Crippen molar-refractivity contribution in [2.24, 2.45) is 0 Å². The molecule has 1 N–H and O–H groups in total. The molecule has 0 fully saturated rings. The monoisotopic (exact) mass is 226 g/mol. The minimum Gasteiger partial charge on any atom is -0.487 e. The molecule has 2 aromatic rings. The molecule has 0 bridgehead atoms. The fourth-order valence-corrected chi connectivity index (χ4v) is 1.21. The van der Waals surface area contributed by atoms with Gasteiger partial charge in [0.1, 0.15) is 18.2 Å². The molecule has 15 heavy (non-hydrogen) atoms. The van der Waals surface area contributed by atoms with E-state index in [1.807, 2.05) is 0 Å². The molecule has 0 aliphatic heterocycles. The number of ether oxygens (including phenoxy) is 1.